The Kier molecular flexibility index (Phi) is 5.08. The van der Waals surface area contributed by atoms with E-state index in [-0.39, 0.29) is 0 Å². The zero-order chi connectivity index (χ0) is 16.9. The predicted molar refractivity (Wildman–Crippen MR) is 98.5 cm³/mol. The molecule has 0 unspecified atom stereocenters. The van der Waals surface area contributed by atoms with Gasteiger partial charge in [0.25, 0.3) is 0 Å². The molecule has 1 N–H and O–H groups in total. The van der Waals surface area contributed by atoms with Crippen LogP contribution in [-0.2, 0) is 0 Å². The first kappa shape index (κ1) is 16.4. The van der Waals surface area contributed by atoms with Gasteiger partial charge in [0.2, 0.25) is 4.77 Å². The van der Waals surface area contributed by atoms with Crippen molar-refractivity contribution in [2.75, 3.05) is 6.61 Å². The molecule has 0 saturated heterocycles. The van der Waals surface area contributed by atoms with Crippen LogP contribution in [0.4, 0.5) is 0 Å². The Hall–Kier alpha value is -2.44. The molecule has 5 nitrogen and oxygen atoms in total. The van der Waals surface area contributed by atoms with Gasteiger partial charge >= 0.3 is 0 Å². The second-order valence-corrected chi connectivity index (χ2v) is 5.69. The van der Waals surface area contributed by atoms with Crippen LogP contribution in [0.15, 0.2) is 53.6 Å². The molecule has 3 rings (SSSR count). The Morgan fingerprint density at radius 1 is 1.29 bits per heavy atom. The van der Waals surface area contributed by atoms with Gasteiger partial charge in [-0.25, -0.2) is 5.10 Å². The van der Waals surface area contributed by atoms with Gasteiger partial charge in [0.05, 0.1) is 17.8 Å². The Balaban J connectivity index is 1.92. The fourth-order valence-corrected chi connectivity index (χ4v) is 2.59. The van der Waals surface area contributed by atoms with Crippen LogP contribution < -0.4 is 4.74 Å². The lowest BCUT2D eigenvalue weighted by atomic mass is 10.2. The summed E-state index contributed by atoms with van der Waals surface area (Å²) in [5.74, 6) is 1.30. The summed E-state index contributed by atoms with van der Waals surface area (Å²) in [5.41, 5.74) is 1.76. The lowest BCUT2D eigenvalue weighted by Crippen LogP contribution is -1.96. The number of aromatic amines is 1. The second-order valence-electron chi connectivity index (χ2n) is 4.90. The molecule has 0 fully saturated rings. The number of hydrogen-bond acceptors (Lipinski definition) is 4. The molecule has 1 aromatic heterocycles. The van der Waals surface area contributed by atoms with Gasteiger partial charge in [0, 0.05) is 5.56 Å². The van der Waals surface area contributed by atoms with Crippen LogP contribution in [0.5, 0.6) is 5.75 Å². The number of halogens is 1. The van der Waals surface area contributed by atoms with Crippen LogP contribution in [0, 0.1) is 4.77 Å². The molecular formula is C17H15ClN4OS. The van der Waals surface area contributed by atoms with Crippen molar-refractivity contribution in [3.8, 4) is 17.1 Å². The van der Waals surface area contributed by atoms with Crippen LogP contribution in [0.25, 0.3) is 11.4 Å². The van der Waals surface area contributed by atoms with Crippen molar-refractivity contribution >= 4 is 30.0 Å². The van der Waals surface area contributed by atoms with Crippen molar-refractivity contribution in [3.05, 3.63) is 63.9 Å². The van der Waals surface area contributed by atoms with Crippen LogP contribution in [0.2, 0.25) is 5.02 Å². The van der Waals surface area contributed by atoms with E-state index in [1.165, 1.54) is 0 Å². The highest BCUT2D eigenvalue weighted by molar-refractivity contribution is 7.71. The van der Waals surface area contributed by atoms with E-state index >= 15 is 0 Å². The normalized spacial score (nSPS) is 11.1. The molecule has 0 bridgehead atoms. The summed E-state index contributed by atoms with van der Waals surface area (Å²) in [6.07, 6.45) is 1.68. The Bertz CT molecular complexity index is 918. The highest BCUT2D eigenvalue weighted by atomic mass is 35.5. The Morgan fingerprint density at radius 3 is 2.79 bits per heavy atom. The largest absolute Gasteiger partial charge is 0.492 e. The molecule has 1 heterocycles. The fourth-order valence-electron chi connectivity index (χ4n) is 2.17. The van der Waals surface area contributed by atoms with E-state index in [9.17, 15) is 0 Å². The average molecular weight is 359 g/mol. The first-order valence-electron chi connectivity index (χ1n) is 7.38. The molecule has 0 saturated carbocycles. The standard InChI is InChI=1S/C17H15ClN4OS/c1-2-23-15-9-8-12(10-14(15)18)11-19-22-16(20-21-17(22)24)13-6-4-3-5-7-13/h3-11H,2H2,1H3,(H,21,24)/b19-11-. The molecule has 2 aromatic carbocycles. The molecule has 0 amide bonds. The minimum atomic E-state index is 0.419. The third-order valence-electron chi connectivity index (χ3n) is 3.26. The molecule has 3 aromatic rings. The summed E-state index contributed by atoms with van der Waals surface area (Å²) >= 11 is 11.4. The minimum absolute atomic E-state index is 0.419. The van der Waals surface area contributed by atoms with Gasteiger partial charge in [-0.1, -0.05) is 41.9 Å². The molecule has 0 aliphatic heterocycles. The van der Waals surface area contributed by atoms with Gasteiger partial charge < -0.3 is 4.74 Å². The molecule has 0 spiro atoms. The smallest absolute Gasteiger partial charge is 0.216 e. The number of H-pyrrole nitrogens is 1. The first-order valence-corrected chi connectivity index (χ1v) is 8.17. The number of benzene rings is 2. The van der Waals surface area contributed by atoms with Crippen LogP contribution in [0.3, 0.4) is 0 Å². The highest BCUT2D eigenvalue weighted by Crippen LogP contribution is 2.25. The zero-order valence-electron chi connectivity index (χ0n) is 12.9. The predicted octanol–water partition coefficient (Wildman–Crippen LogP) is 4.54. The second kappa shape index (κ2) is 7.42. The van der Waals surface area contributed by atoms with Crippen LogP contribution >= 0.6 is 23.8 Å². The first-order chi connectivity index (χ1) is 11.7. The van der Waals surface area contributed by atoms with Crippen molar-refractivity contribution in [1.29, 1.82) is 0 Å². The van der Waals surface area contributed by atoms with E-state index in [0.717, 1.165) is 11.1 Å². The van der Waals surface area contributed by atoms with Crippen molar-refractivity contribution in [2.24, 2.45) is 5.10 Å². The number of nitrogens with zero attached hydrogens (tertiary/aromatic N) is 3. The molecule has 0 atom stereocenters. The Labute approximate surface area is 149 Å². The fraction of sp³-hybridized carbons (Fsp3) is 0.118. The van der Waals surface area contributed by atoms with Gasteiger partial charge in [0.1, 0.15) is 5.75 Å². The lowest BCUT2D eigenvalue weighted by Gasteiger charge is -2.05. The summed E-state index contributed by atoms with van der Waals surface area (Å²) in [7, 11) is 0. The maximum absolute atomic E-state index is 6.19. The molecule has 24 heavy (non-hydrogen) atoms. The topological polar surface area (TPSA) is 55.2 Å². The summed E-state index contributed by atoms with van der Waals surface area (Å²) in [4.78, 5) is 0. The van der Waals surface area contributed by atoms with E-state index in [1.54, 1.807) is 17.0 Å². The van der Waals surface area contributed by atoms with Crippen LogP contribution in [0.1, 0.15) is 12.5 Å². The number of rotatable bonds is 5. The molecule has 122 valence electrons. The van der Waals surface area contributed by atoms with Gasteiger partial charge in [-0.2, -0.15) is 14.9 Å². The van der Waals surface area contributed by atoms with Gasteiger partial charge in [0.15, 0.2) is 5.82 Å². The SMILES string of the molecule is CCOc1ccc(/C=N\n2c(-c3ccccc3)n[nH]c2=S)cc1Cl. The number of ether oxygens (including phenoxy) is 1. The molecule has 7 heteroatoms. The average Bonchev–Trinajstić information content (AvgIpc) is 2.97. The molecule has 0 radical (unpaired) electrons. The van der Waals surface area contributed by atoms with Gasteiger partial charge in [-0.3, -0.25) is 0 Å². The van der Waals surface area contributed by atoms with Crippen molar-refractivity contribution < 1.29 is 4.74 Å². The van der Waals surface area contributed by atoms with E-state index in [4.69, 9.17) is 28.6 Å². The number of nitrogens with one attached hydrogen (secondary N) is 1. The molecule has 0 aliphatic carbocycles. The van der Waals surface area contributed by atoms with Gasteiger partial charge in [-0.05, 0) is 42.9 Å². The van der Waals surface area contributed by atoms with Crippen molar-refractivity contribution in [2.45, 2.75) is 6.92 Å². The van der Waals surface area contributed by atoms with E-state index in [0.29, 0.717) is 28.0 Å². The summed E-state index contributed by atoms with van der Waals surface area (Å²) in [5, 5.41) is 12.0. The minimum Gasteiger partial charge on any atom is -0.492 e. The quantitative estimate of drug-likeness (QED) is 0.538. The third kappa shape index (κ3) is 3.55. The van der Waals surface area contributed by atoms with E-state index in [2.05, 4.69) is 15.3 Å². The van der Waals surface area contributed by atoms with Crippen LogP contribution in [-0.4, -0.2) is 27.7 Å². The van der Waals surface area contributed by atoms with Crippen molar-refractivity contribution in [1.82, 2.24) is 14.9 Å². The third-order valence-corrected chi connectivity index (χ3v) is 3.82. The maximum Gasteiger partial charge on any atom is 0.216 e. The lowest BCUT2D eigenvalue weighted by molar-refractivity contribution is 0.340. The van der Waals surface area contributed by atoms with E-state index < -0.39 is 0 Å². The van der Waals surface area contributed by atoms with Crippen molar-refractivity contribution in [3.63, 3.8) is 0 Å². The zero-order valence-corrected chi connectivity index (χ0v) is 14.5. The molecular weight excluding hydrogens is 344 g/mol. The summed E-state index contributed by atoms with van der Waals surface area (Å²) < 4.78 is 7.42. The maximum atomic E-state index is 6.19. The van der Waals surface area contributed by atoms with Gasteiger partial charge in [-0.15, -0.1) is 0 Å². The number of aromatic nitrogens is 3. The monoisotopic (exact) mass is 358 g/mol. The molecule has 0 aliphatic rings. The highest BCUT2D eigenvalue weighted by Gasteiger charge is 2.07. The number of hydrogen-bond donors (Lipinski definition) is 1. The van der Waals surface area contributed by atoms with E-state index in [1.807, 2.05) is 49.4 Å². The summed E-state index contributed by atoms with van der Waals surface area (Å²) in [6.45, 7) is 2.48. The summed E-state index contributed by atoms with van der Waals surface area (Å²) in [6, 6.07) is 15.2. The Morgan fingerprint density at radius 2 is 2.08 bits per heavy atom.